The molecular weight excluding hydrogens is 284 g/mol. The Morgan fingerprint density at radius 1 is 1.22 bits per heavy atom. The zero-order chi connectivity index (χ0) is 16.7. The standard InChI is InChI=1S/C19H28N4/c1-16(17-9-6-5-7-10-17)12-13-21-19(20-2)23(4)15-18-11-8-14-22(18)3/h5-11,14,16H,12-13,15H2,1-4H3,(H,20,21). The smallest absolute Gasteiger partial charge is 0.193 e. The molecule has 0 amide bonds. The molecule has 1 N–H and O–H groups in total. The van der Waals surface area contributed by atoms with Gasteiger partial charge in [0.2, 0.25) is 0 Å². The molecule has 0 aliphatic carbocycles. The third-order valence-electron chi connectivity index (χ3n) is 4.25. The first kappa shape index (κ1) is 17.1. The highest BCUT2D eigenvalue weighted by molar-refractivity contribution is 5.79. The van der Waals surface area contributed by atoms with Crippen molar-refractivity contribution in [2.45, 2.75) is 25.8 Å². The average molecular weight is 312 g/mol. The van der Waals surface area contributed by atoms with E-state index in [-0.39, 0.29) is 0 Å². The van der Waals surface area contributed by atoms with E-state index in [2.05, 4.69) is 89.5 Å². The van der Waals surface area contributed by atoms with Crippen LogP contribution in [-0.2, 0) is 13.6 Å². The Kier molecular flexibility index (Phi) is 6.27. The minimum Gasteiger partial charge on any atom is -0.356 e. The maximum absolute atomic E-state index is 4.39. The van der Waals surface area contributed by atoms with Crippen LogP contribution in [0.4, 0.5) is 0 Å². The summed E-state index contributed by atoms with van der Waals surface area (Å²) in [6, 6.07) is 14.9. The quantitative estimate of drug-likeness (QED) is 0.656. The molecule has 4 nitrogen and oxygen atoms in total. The average Bonchev–Trinajstić information content (AvgIpc) is 2.97. The second kappa shape index (κ2) is 8.42. The number of rotatable bonds is 6. The maximum Gasteiger partial charge on any atom is 0.193 e. The highest BCUT2D eigenvalue weighted by Gasteiger charge is 2.09. The molecule has 0 bridgehead atoms. The molecule has 1 aromatic carbocycles. The van der Waals surface area contributed by atoms with E-state index in [4.69, 9.17) is 0 Å². The molecule has 1 aromatic heterocycles. The van der Waals surface area contributed by atoms with Crippen molar-refractivity contribution in [1.29, 1.82) is 0 Å². The third-order valence-corrected chi connectivity index (χ3v) is 4.25. The van der Waals surface area contributed by atoms with Crippen molar-refractivity contribution in [2.24, 2.45) is 12.0 Å². The molecule has 4 heteroatoms. The SMILES string of the molecule is CN=C(NCCC(C)c1ccccc1)N(C)Cc1cccn1C. The van der Waals surface area contributed by atoms with Crippen LogP contribution in [0.5, 0.6) is 0 Å². The summed E-state index contributed by atoms with van der Waals surface area (Å²) in [6.07, 6.45) is 3.15. The Morgan fingerprint density at radius 2 is 1.96 bits per heavy atom. The second-order valence-corrected chi connectivity index (χ2v) is 6.04. The number of nitrogens with one attached hydrogen (secondary N) is 1. The molecule has 0 aliphatic rings. The summed E-state index contributed by atoms with van der Waals surface area (Å²) in [7, 11) is 5.98. The molecule has 2 rings (SSSR count). The largest absolute Gasteiger partial charge is 0.356 e. The van der Waals surface area contributed by atoms with Gasteiger partial charge in [-0.15, -0.1) is 0 Å². The molecule has 1 unspecified atom stereocenters. The van der Waals surface area contributed by atoms with Gasteiger partial charge in [-0.25, -0.2) is 0 Å². The molecule has 0 fully saturated rings. The molecule has 2 aromatic rings. The first-order chi connectivity index (χ1) is 11.1. The van der Waals surface area contributed by atoms with Gasteiger partial charge in [0, 0.05) is 39.6 Å². The monoisotopic (exact) mass is 312 g/mol. The van der Waals surface area contributed by atoms with Crippen LogP contribution in [0.25, 0.3) is 0 Å². The van der Waals surface area contributed by atoms with Crippen LogP contribution in [0, 0.1) is 0 Å². The van der Waals surface area contributed by atoms with Crippen molar-refractivity contribution < 1.29 is 0 Å². The first-order valence-corrected chi connectivity index (χ1v) is 8.18. The number of nitrogens with zero attached hydrogens (tertiary/aromatic N) is 3. The molecule has 0 saturated heterocycles. The van der Waals surface area contributed by atoms with E-state index >= 15 is 0 Å². The molecule has 0 saturated carbocycles. The van der Waals surface area contributed by atoms with Gasteiger partial charge in [0.25, 0.3) is 0 Å². The molecule has 0 spiro atoms. The predicted octanol–water partition coefficient (Wildman–Crippen LogP) is 3.23. The molecule has 1 heterocycles. The Labute approximate surface area is 139 Å². The minimum atomic E-state index is 0.542. The minimum absolute atomic E-state index is 0.542. The third kappa shape index (κ3) is 4.88. The molecule has 23 heavy (non-hydrogen) atoms. The van der Waals surface area contributed by atoms with Crippen LogP contribution in [0.2, 0.25) is 0 Å². The Balaban J connectivity index is 1.82. The zero-order valence-electron chi connectivity index (χ0n) is 14.7. The van der Waals surface area contributed by atoms with Gasteiger partial charge in [-0.05, 0) is 30.0 Å². The topological polar surface area (TPSA) is 32.6 Å². The van der Waals surface area contributed by atoms with Gasteiger partial charge in [0.15, 0.2) is 5.96 Å². The van der Waals surface area contributed by atoms with Crippen LogP contribution in [0.15, 0.2) is 53.7 Å². The van der Waals surface area contributed by atoms with Gasteiger partial charge < -0.3 is 14.8 Å². The van der Waals surface area contributed by atoms with Crippen molar-refractivity contribution >= 4 is 5.96 Å². The first-order valence-electron chi connectivity index (χ1n) is 8.18. The molecule has 124 valence electrons. The molecular formula is C19H28N4. The van der Waals surface area contributed by atoms with Gasteiger partial charge in [-0.2, -0.15) is 0 Å². The van der Waals surface area contributed by atoms with E-state index in [0.29, 0.717) is 5.92 Å². The van der Waals surface area contributed by atoms with Gasteiger partial charge in [0.05, 0.1) is 6.54 Å². The highest BCUT2D eigenvalue weighted by atomic mass is 15.3. The normalized spacial score (nSPS) is 13.0. The maximum atomic E-state index is 4.39. The fraction of sp³-hybridized carbons (Fsp3) is 0.421. The summed E-state index contributed by atoms with van der Waals surface area (Å²) in [4.78, 5) is 6.55. The Morgan fingerprint density at radius 3 is 2.57 bits per heavy atom. The summed E-state index contributed by atoms with van der Waals surface area (Å²) in [5.41, 5.74) is 2.66. The predicted molar refractivity (Wildman–Crippen MR) is 97.7 cm³/mol. The number of guanidine groups is 1. The lowest BCUT2D eigenvalue weighted by Gasteiger charge is -2.23. The van der Waals surface area contributed by atoms with Crippen LogP contribution < -0.4 is 5.32 Å². The van der Waals surface area contributed by atoms with Crippen LogP contribution in [0.1, 0.15) is 30.5 Å². The van der Waals surface area contributed by atoms with Crippen molar-refractivity contribution in [3.63, 3.8) is 0 Å². The van der Waals surface area contributed by atoms with Crippen molar-refractivity contribution in [3.05, 3.63) is 59.9 Å². The lowest BCUT2D eigenvalue weighted by atomic mass is 9.98. The summed E-state index contributed by atoms with van der Waals surface area (Å²) in [5, 5.41) is 3.47. The second-order valence-electron chi connectivity index (χ2n) is 6.04. The molecule has 0 radical (unpaired) electrons. The number of hydrogen-bond donors (Lipinski definition) is 1. The van der Waals surface area contributed by atoms with Crippen molar-refractivity contribution in [2.75, 3.05) is 20.6 Å². The summed E-state index contributed by atoms with van der Waals surface area (Å²) in [6.45, 7) is 4.03. The lowest BCUT2D eigenvalue weighted by Crippen LogP contribution is -2.39. The molecule has 1 atom stereocenters. The molecule has 0 aliphatic heterocycles. The zero-order valence-corrected chi connectivity index (χ0v) is 14.7. The number of aryl methyl sites for hydroxylation is 1. The fourth-order valence-electron chi connectivity index (χ4n) is 2.71. The number of hydrogen-bond acceptors (Lipinski definition) is 1. The van der Waals surface area contributed by atoms with E-state index in [0.717, 1.165) is 25.5 Å². The van der Waals surface area contributed by atoms with E-state index in [1.807, 2.05) is 7.05 Å². The van der Waals surface area contributed by atoms with E-state index in [1.54, 1.807) is 0 Å². The van der Waals surface area contributed by atoms with Crippen LogP contribution in [-0.4, -0.2) is 36.1 Å². The van der Waals surface area contributed by atoms with E-state index in [9.17, 15) is 0 Å². The van der Waals surface area contributed by atoms with Gasteiger partial charge in [0.1, 0.15) is 0 Å². The van der Waals surface area contributed by atoms with Gasteiger partial charge in [-0.3, -0.25) is 4.99 Å². The highest BCUT2D eigenvalue weighted by Crippen LogP contribution is 2.17. The Bertz CT molecular complexity index is 615. The summed E-state index contributed by atoms with van der Waals surface area (Å²) >= 11 is 0. The van der Waals surface area contributed by atoms with Crippen molar-refractivity contribution in [3.8, 4) is 0 Å². The van der Waals surface area contributed by atoms with E-state index < -0.39 is 0 Å². The summed E-state index contributed by atoms with van der Waals surface area (Å²) in [5.74, 6) is 1.48. The van der Waals surface area contributed by atoms with Crippen LogP contribution in [0.3, 0.4) is 0 Å². The lowest BCUT2D eigenvalue weighted by molar-refractivity contribution is 0.459. The van der Waals surface area contributed by atoms with E-state index in [1.165, 1.54) is 11.3 Å². The fourth-order valence-corrected chi connectivity index (χ4v) is 2.71. The number of aromatic nitrogens is 1. The number of aliphatic imine (C=N–C) groups is 1. The van der Waals surface area contributed by atoms with Gasteiger partial charge in [-0.1, -0.05) is 37.3 Å². The number of benzene rings is 1. The van der Waals surface area contributed by atoms with Gasteiger partial charge >= 0.3 is 0 Å². The Hall–Kier alpha value is -2.23. The van der Waals surface area contributed by atoms with Crippen molar-refractivity contribution in [1.82, 2.24) is 14.8 Å². The van der Waals surface area contributed by atoms with Crippen LogP contribution >= 0.6 is 0 Å². The summed E-state index contributed by atoms with van der Waals surface area (Å²) < 4.78 is 2.14.